The van der Waals surface area contributed by atoms with Gasteiger partial charge in [-0.2, -0.15) is 4.31 Å². The molecule has 1 aliphatic rings. The van der Waals surface area contributed by atoms with Crippen LogP contribution in [-0.2, 0) is 10.0 Å². The average Bonchev–Trinajstić information content (AvgIpc) is 2.65. The van der Waals surface area contributed by atoms with Crippen molar-refractivity contribution in [3.8, 4) is 0 Å². The van der Waals surface area contributed by atoms with Crippen LogP contribution in [-0.4, -0.2) is 30.3 Å². The molecular weight excluding hydrogens is 226 g/mol. The number of aromatic nitrogens is 1. The van der Waals surface area contributed by atoms with Gasteiger partial charge in [0.05, 0.1) is 4.90 Å². The largest absolute Gasteiger partial charge is 0.384 e. The van der Waals surface area contributed by atoms with Gasteiger partial charge in [0.15, 0.2) is 0 Å². The molecule has 5 nitrogen and oxygen atoms in total. The number of nitrogens with two attached hydrogens (primary N) is 1. The van der Waals surface area contributed by atoms with Crippen molar-refractivity contribution in [1.82, 2.24) is 9.29 Å². The minimum Gasteiger partial charge on any atom is -0.384 e. The molecule has 2 rings (SSSR count). The summed E-state index contributed by atoms with van der Waals surface area (Å²) in [4.78, 5) is 4.02. The van der Waals surface area contributed by atoms with Gasteiger partial charge in [0.25, 0.3) is 0 Å². The van der Waals surface area contributed by atoms with Crippen LogP contribution < -0.4 is 5.73 Å². The Morgan fingerprint density at radius 1 is 1.56 bits per heavy atom. The van der Waals surface area contributed by atoms with E-state index in [4.69, 9.17) is 5.73 Å². The summed E-state index contributed by atoms with van der Waals surface area (Å²) in [6.45, 7) is 2.51. The fourth-order valence-corrected chi connectivity index (χ4v) is 3.71. The van der Waals surface area contributed by atoms with Crippen LogP contribution in [0.2, 0.25) is 0 Å². The smallest absolute Gasteiger partial charge is 0.243 e. The fourth-order valence-electron chi connectivity index (χ4n) is 1.99. The molecule has 1 fully saturated rings. The lowest BCUT2D eigenvalue weighted by Gasteiger charge is -2.20. The summed E-state index contributed by atoms with van der Waals surface area (Å²) in [6, 6.07) is 2.95. The molecule has 1 atom stereocenters. The van der Waals surface area contributed by atoms with Gasteiger partial charge in [-0.25, -0.2) is 13.4 Å². The van der Waals surface area contributed by atoms with Crippen molar-refractivity contribution >= 4 is 15.8 Å². The standard InChI is InChI=1S/C10H15N3O2S/c1-8-3-2-6-13(8)16(14,15)9-4-5-12-10(11)7-9/h4-5,7-8H,2-3,6H2,1H3,(H2,11,12). The van der Waals surface area contributed by atoms with Crippen molar-refractivity contribution in [3.05, 3.63) is 18.3 Å². The lowest BCUT2D eigenvalue weighted by atomic mass is 10.3. The van der Waals surface area contributed by atoms with Gasteiger partial charge >= 0.3 is 0 Å². The second-order valence-corrected chi connectivity index (χ2v) is 5.91. The summed E-state index contributed by atoms with van der Waals surface area (Å²) in [7, 11) is -3.40. The molecule has 16 heavy (non-hydrogen) atoms. The maximum atomic E-state index is 12.2. The Labute approximate surface area is 95.3 Å². The lowest BCUT2D eigenvalue weighted by Crippen LogP contribution is -2.33. The van der Waals surface area contributed by atoms with Crippen LogP contribution in [0.1, 0.15) is 19.8 Å². The SMILES string of the molecule is CC1CCCN1S(=O)(=O)c1ccnc(N)c1. The number of hydrogen-bond donors (Lipinski definition) is 1. The van der Waals surface area contributed by atoms with Crippen LogP contribution in [0.3, 0.4) is 0 Å². The van der Waals surface area contributed by atoms with Gasteiger partial charge in [-0.3, -0.25) is 0 Å². The molecule has 0 amide bonds. The van der Waals surface area contributed by atoms with Gasteiger partial charge < -0.3 is 5.73 Å². The molecule has 2 heterocycles. The van der Waals surface area contributed by atoms with Crippen molar-refractivity contribution in [2.24, 2.45) is 0 Å². The first-order chi connectivity index (χ1) is 7.51. The molecule has 0 aliphatic carbocycles. The molecule has 0 aromatic carbocycles. The number of nitrogens with zero attached hydrogens (tertiary/aromatic N) is 2. The molecule has 6 heteroatoms. The van der Waals surface area contributed by atoms with Gasteiger partial charge in [0.2, 0.25) is 10.0 Å². The number of rotatable bonds is 2. The Balaban J connectivity index is 2.39. The average molecular weight is 241 g/mol. The molecule has 0 spiro atoms. The Hall–Kier alpha value is -1.14. The molecule has 0 saturated carbocycles. The lowest BCUT2D eigenvalue weighted by molar-refractivity contribution is 0.408. The van der Waals surface area contributed by atoms with Crippen LogP contribution in [0, 0.1) is 0 Å². The predicted molar refractivity (Wildman–Crippen MR) is 61.2 cm³/mol. The minimum absolute atomic E-state index is 0.0689. The van der Waals surface area contributed by atoms with Gasteiger partial charge in [0.1, 0.15) is 5.82 Å². The zero-order valence-corrected chi connectivity index (χ0v) is 9.94. The zero-order chi connectivity index (χ0) is 11.8. The first kappa shape index (κ1) is 11.3. The van der Waals surface area contributed by atoms with E-state index in [1.54, 1.807) is 0 Å². The van der Waals surface area contributed by atoms with Crippen molar-refractivity contribution in [3.63, 3.8) is 0 Å². The van der Waals surface area contributed by atoms with Crippen LogP contribution in [0.25, 0.3) is 0 Å². The second-order valence-electron chi connectivity index (χ2n) is 4.02. The molecule has 1 aromatic rings. The maximum absolute atomic E-state index is 12.2. The first-order valence-electron chi connectivity index (χ1n) is 5.25. The van der Waals surface area contributed by atoms with Crippen LogP contribution >= 0.6 is 0 Å². The Kier molecular flexibility index (Phi) is 2.86. The summed E-state index contributed by atoms with van der Waals surface area (Å²) in [5.41, 5.74) is 5.49. The number of nitrogen functional groups attached to an aromatic ring is 1. The highest BCUT2D eigenvalue weighted by molar-refractivity contribution is 7.89. The number of anilines is 1. The van der Waals surface area contributed by atoms with Gasteiger partial charge in [-0.05, 0) is 25.8 Å². The maximum Gasteiger partial charge on any atom is 0.243 e. The number of pyridine rings is 1. The molecule has 88 valence electrons. The monoisotopic (exact) mass is 241 g/mol. The summed E-state index contributed by atoms with van der Waals surface area (Å²) in [5.74, 6) is 0.230. The van der Waals surface area contributed by atoms with Crippen molar-refractivity contribution in [1.29, 1.82) is 0 Å². The van der Waals surface area contributed by atoms with E-state index < -0.39 is 10.0 Å². The molecule has 0 bridgehead atoms. The zero-order valence-electron chi connectivity index (χ0n) is 9.13. The normalized spacial score (nSPS) is 22.4. The molecule has 0 radical (unpaired) electrons. The third-order valence-electron chi connectivity index (χ3n) is 2.85. The van der Waals surface area contributed by atoms with E-state index in [1.165, 1.54) is 22.6 Å². The summed E-state index contributed by atoms with van der Waals surface area (Å²) < 4.78 is 26.0. The third kappa shape index (κ3) is 1.90. The molecule has 1 aromatic heterocycles. The highest BCUT2D eigenvalue weighted by Crippen LogP contribution is 2.25. The van der Waals surface area contributed by atoms with Crippen molar-refractivity contribution in [2.75, 3.05) is 12.3 Å². The highest BCUT2D eigenvalue weighted by Gasteiger charge is 2.32. The molecule has 2 N–H and O–H groups in total. The van der Waals surface area contributed by atoms with Gasteiger partial charge in [-0.1, -0.05) is 0 Å². The van der Waals surface area contributed by atoms with E-state index in [2.05, 4.69) is 4.98 Å². The van der Waals surface area contributed by atoms with E-state index >= 15 is 0 Å². The van der Waals surface area contributed by atoms with Crippen LogP contribution in [0.15, 0.2) is 23.2 Å². The summed E-state index contributed by atoms with van der Waals surface area (Å²) in [5, 5.41) is 0. The molecular formula is C10H15N3O2S. The Morgan fingerprint density at radius 2 is 2.31 bits per heavy atom. The fraction of sp³-hybridized carbons (Fsp3) is 0.500. The van der Waals surface area contributed by atoms with E-state index in [0.29, 0.717) is 6.54 Å². The summed E-state index contributed by atoms with van der Waals surface area (Å²) >= 11 is 0. The number of sulfonamides is 1. The first-order valence-corrected chi connectivity index (χ1v) is 6.69. The quantitative estimate of drug-likeness (QED) is 0.832. The number of hydrogen-bond acceptors (Lipinski definition) is 4. The second kappa shape index (κ2) is 4.03. The van der Waals surface area contributed by atoms with E-state index in [0.717, 1.165) is 12.8 Å². The van der Waals surface area contributed by atoms with Crippen LogP contribution in [0.4, 0.5) is 5.82 Å². The topological polar surface area (TPSA) is 76.3 Å². The minimum atomic E-state index is -3.40. The third-order valence-corrected chi connectivity index (χ3v) is 4.86. The predicted octanol–water partition coefficient (Wildman–Crippen LogP) is 0.837. The van der Waals surface area contributed by atoms with Crippen molar-refractivity contribution < 1.29 is 8.42 Å². The Bertz CT molecular complexity index is 487. The van der Waals surface area contributed by atoms with E-state index in [9.17, 15) is 8.42 Å². The molecule has 1 aliphatic heterocycles. The Morgan fingerprint density at radius 3 is 2.88 bits per heavy atom. The van der Waals surface area contributed by atoms with Gasteiger partial charge in [-0.15, -0.1) is 0 Å². The summed E-state index contributed by atoms with van der Waals surface area (Å²) in [6.07, 6.45) is 3.25. The van der Waals surface area contributed by atoms with Gasteiger partial charge in [0, 0.05) is 24.8 Å². The van der Waals surface area contributed by atoms with Crippen LogP contribution in [0.5, 0.6) is 0 Å². The molecule has 1 saturated heterocycles. The highest BCUT2D eigenvalue weighted by atomic mass is 32.2. The van der Waals surface area contributed by atoms with E-state index in [1.807, 2.05) is 6.92 Å². The van der Waals surface area contributed by atoms with Crippen molar-refractivity contribution in [2.45, 2.75) is 30.7 Å². The van der Waals surface area contributed by atoms with E-state index in [-0.39, 0.29) is 16.8 Å². The molecule has 1 unspecified atom stereocenters.